The molecule has 156 valence electrons. The Morgan fingerprint density at radius 1 is 1.27 bits per heavy atom. The van der Waals surface area contributed by atoms with Crippen LogP contribution in [0.3, 0.4) is 0 Å². The van der Waals surface area contributed by atoms with Crippen molar-refractivity contribution in [2.24, 2.45) is 5.92 Å². The third kappa shape index (κ3) is 4.05. The lowest BCUT2D eigenvalue weighted by atomic mass is 9.85. The van der Waals surface area contributed by atoms with Gasteiger partial charge in [-0.15, -0.1) is 11.3 Å². The maximum Gasteiger partial charge on any atom is 0.341 e. The van der Waals surface area contributed by atoms with E-state index in [-0.39, 0.29) is 11.9 Å². The Morgan fingerprint density at radius 2 is 2.10 bits per heavy atom. The fourth-order valence-electron chi connectivity index (χ4n) is 3.93. The highest BCUT2D eigenvalue weighted by Crippen LogP contribution is 2.41. The third-order valence-corrected chi connectivity index (χ3v) is 6.76. The van der Waals surface area contributed by atoms with E-state index < -0.39 is 0 Å². The van der Waals surface area contributed by atoms with Crippen molar-refractivity contribution in [3.8, 4) is 5.75 Å². The standard InChI is InChI=1S/C24H25NO4S/c1-3-15-9-10-18-20(13-15)30-23(21(18)24(27)28-4-2)25-22(26)17-11-12-29-19-8-6-5-7-16(19)14-17/h5-8,11-12,14-15H,3-4,9-10,13H2,1-2H3,(H,25,26)/t15-/m0/s1. The fraction of sp³-hybridized carbons (Fsp3) is 0.333. The first-order valence-corrected chi connectivity index (χ1v) is 11.2. The number of nitrogens with one attached hydrogen (secondary N) is 1. The van der Waals surface area contributed by atoms with E-state index in [2.05, 4.69) is 12.2 Å². The van der Waals surface area contributed by atoms with E-state index in [0.29, 0.717) is 34.4 Å². The van der Waals surface area contributed by atoms with Crippen molar-refractivity contribution >= 4 is 34.3 Å². The van der Waals surface area contributed by atoms with Crippen LogP contribution < -0.4 is 10.1 Å². The quantitative estimate of drug-likeness (QED) is 0.657. The van der Waals surface area contributed by atoms with Crippen LogP contribution in [0.2, 0.25) is 0 Å². The number of fused-ring (bicyclic) bond motifs is 2. The number of amides is 1. The van der Waals surface area contributed by atoms with Crippen LogP contribution in [0.15, 0.2) is 42.2 Å². The van der Waals surface area contributed by atoms with Crippen molar-refractivity contribution in [1.82, 2.24) is 0 Å². The summed E-state index contributed by atoms with van der Waals surface area (Å²) in [5.74, 6) is 0.680. The Morgan fingerprint density at radius 3 is 2.90 bits per heavy atom. The van der Waals surface area contributed by atoms with E-state index in [1.807, 2.05) is 24.3 Å². The first-order valence-electron chi connectivity index (χ1n) is 10.4. The van der Waals surface area contributed by atoms with Gasteiger partial charge >= 0.3 is 5.97 Å². The SMILES string of the molecule is CCOC(=O)c1c(NC(=O)C2=Cc3ccccc3OC=C2)sc2c1CC[C@H](CC)C2. The van der Waals surface area contributed by atoms with E-state index in [1.165, 1.54) is 22.5 Å². The molecular formula is C24H25NO4S. The second-order valence-electron chi connectivity index (χ2n) is 7.46. The van der Waals surface area contributed by atoms with E-state index in [9.17, 15) is 9.59 Å². The number of carbonyl (C=O) groups is 2. The molecule has 0 fully saturated rings. The van der Waals surface area contributed by atoms with Crippen LogP contribution in [0.1, 0.15) is 53.1 Å². The maximum atomic E-state index is 13.1. The zero-order valence-corrected chi connectivity index (χ0v) is 18.0. The highest BCUT2D eigenvalue weighted by molar-refractivity contribution is 7.17. The lowest BCUT2D eigenvalue weighted by Crippen LogP contribution is -2.17. The van der Waals surface area contributed by atoms with Gasteiger partial charge in [0, 0.05) is 16.0 Å². The number of benzene rings is 1. The Labute approximate surface area is 180 Å². The van der Waals surface area contributed by atoms with Crippen molar-refractivity contribution in [3.05, 3.63) is 63.7 Å². The van der Waals surface area contributed by atoms with Crippen LogP contribution in [0, 0.1) is 5.92 Å². The molecule has 0 saturated carbocycles. The molecule has 1 aliphatic heterocycles. The highest BCUT2D eigenvalue weighted by atomic mass is 32.1. The van der Waals surface area contributed by atoms with Crippen LogP contribution >= 0.6 is 11.3 Å². The van der Waals surface area contributed by atoms with Gasteiger partial charge in [-0.2, -0.15) is 0 Å². The Bertz CT molecular complexity index is 1030. The number of carbonyl (C=O) groups excluding carboxylic acids is 2. The lowest BCUT2D eigenvalue weighted by molar-refractivity contribution is -0.112. The minimum atomic E-state index is -0.362. The predicted octanol–water partition coefficient (Wildman–Crippen LogP) is 5.37. The van der Waals surface area contributed by atoms with Gasteiger partial charge in [0.25, 0.3) is 5.91 Å². The van der Waals surface area contributed by atoms with Gasteiger partial charge in [-0.05, 0) is 55.9 Å². The Balaban J connectivity index is 1.65. The zero-order chi connectivity index (χ0) is 21.1. The summed E-state index contributed by atoms with van der Waals surface area (Å²) in [4.78, 5) is 27.0. The smallest absolute Gasteiger partial charge is 0.341 e. The molecule has 0 unspecified atom stereocenters. The van der Waals surface area contributed by atoms with Gasteiger partial charge in [0.05, 0.1) is 18.4 Å². The van der Waals surface area contributed by atoms with Gasteiger partial charge in [0.2, 0.25) is 0 Å². The first kappa shape index (κ1) is 20.4. The molecule has 4 rings (SSSR count). The summed E-state index contributed by atoms with van der Waals surface area (Å²) in [6.07, 6.45) is 8.90. The Hall–Kier alpha value is -2.86. The van der Waals surface area contributed by atoms with Gasteiger partial charge < -0.3 is 14.8 Å². The monoisotopic (exact) mass is 423 g/mol. The minimum absolute atomic E-state index is 0.275. The normalized spacial score (nSPS) is 17.1. The number of anilines is 1. The van der Waals surface area contributed by atoms with Gasteiger partial charge in [-0.3, -0.25) is 4.79 Å². The molecule has 1 N–H and O–H groups in total. The van der Waals surface area contributed by atoms with Crippen molar-refractivity contribution < 1.29 is 19.1 Å². The number of esters is 1. The molecule has 1 atom stereocenters. The largest absolute Gasteiger partial charge is 0.464 e. The molecule has 0 bridgehead atoms. The molecule has 5 nitrogen and oxygen atoms in total. The summed E-state index contributed by atoms with van der Waals surface area (Å²) in [5.41, 5.74) is 2.86. The van der Waals surface area contributed by atoms with Crippen molar-refractivity contribution in [1.29, 1.82) is 0 Å². The topological polar surface area (TPSA) is 64.6 Å². The van der Waals surface area contributed by atoms with Gasteiger partial charge in [0.15, 0.2) is 0 Å². The molecule has 1 amide bonds. The molecule has 2 aliphatic rings. The average Bonchev–Trinajstić information content (AvgIpc) is 2.95. The molecule has 2 heterocycles. The molecular weight excluding hydrogens is 398 g/mol. The number of hydrogen-bond acceptors (Lipinski definition) is 5. The van der Waals surface area contributed by atoms with Crippen molar-refractivity contribution in [2.75, 3.05) is 11.9 Å². The Kier molecular flexibility index (Phi) is 6.04. The van der Waals surface area contributed by atoms with Gasteiger partial charge in [-0.25, -0.2) is 4.79 Å². The molecule has 1 aromatic heterocycles. The van der Waals surface area contributed by atoms with Crippen LogP contribution in [-0.2, 0) is 22.4 Å². The molecule has 0 radical (unpaired) electrons. The van der Waals surface area contributed by atoms with Crippen LogP contribution in [0.25, 0.3) is 6.08 Å². The molecule has 1 aliphatic carbocycles. The first-order chi connectivity index (χ1) is 14.6. The summed E-state index contributed by atoms with van der Waals surface area (Å²) in [6.45, 7) is 4.29. The third-order valence-electron chi connectivity index (χ3n) is 5.59. The van der Waals surface area contributed by atoms with E-state index in [1.54, 1.807) is 19.1 Å². The predicted molar refractivity (Wildman–Crippen MR) is 119 cm³/mol. The molecule has 30 heavy (non-hydrogen) atoms. The second kappa shape index (κ2) is 8.88. The lowest BCUT2D eigenvalue weighted by Gasteiger charge is -2.20. The summed E-state index contributed by atoms with van der Waals surface area (Å²) in [7, 11) is 0. The maximum absolute atomic E-state index is 13.1. The summed E-state index contributed by atoms with van der Waals surface area (Å²) in [5, 5.41) is 3.55. The van der Waals surface area contributed by atoms with Gasteiger partial charge in [0.1, 0.15) is 10.8 Å². The number of hydrogen-bond donors (Lipinski definition) is 1. The van der Waals surface area contributed by atoms with Crippen molar-refractivity contribution in [3.63, 3.8) is 0 Å². The number of thiophene rings is 1. The number of para-hydroxylation sites is 1. The van der Waals surface area contributed by atoms with Gasteiger partial charge in [-0.1, -0.05) is 31.5 Å². The number of ether oxygens (including phenoxy) is 2. The van der Waals surface area contributed by atoms with Crippen molar-refractivity contribution in [2.45, 2.75) is 39.5 Å². The van der Waals surface area contributed by atoms with Crippen LogP contribution in [0.5, 0.6) is 5.75 Å². The van der Waals surface area contributed by atoms with Crippen LogP contribution in [0.4, 0.5) is 5.00 Å². The summed E-state index contributed by atoms with van der Waals surface area (Å²) < 4.78 is 10.9. The average molecular weight is 424 g/mol. The minimum Gasteiger partial charge on any atom is -0.464 e. The van der Waals surface area contributed by atoms with E-state index in [4.69, 9.17) is 9.47 Å². The second-order valence-corrected chi connectivity index (χ2v) is 8.56. The molecule has 0 saturated heterocycles. The zero-order valence-electron chi connectivity index (χ0n) is 17.2. The van der Waals surface area contributed by atoms with E-state index >= 15 is 0 Å². The molecule has 6 heteroatoms. The molecule has 0 spiro atoms. The fourth-order valence-corrected chi connectivity index (χ4v) is 5.27. The number of rotatable bonds is 5. The summed E-state index contributed by atoms with van der Waals surface area (Å²) in [6, 6.07) is 7.54. The summed E-state index contributed by atoms with van der Waals surface area (Å²) >= 11 is 1.50. The molecule has 2 aromatic rings. The van der Waals surface area contributed by atoms with E-state index in [0.717, 1.165) is 36.8 Å². The molecule has 1 aromatic carbocycles. The highest BCUT2D eigenvalue weighted by Gasteiger charge is 2.30. The van der Waals surface area contributed by atoms with Crippen LogP contribution in [-0.4, -0.2) is 18.5 Å².